The Kier molecular flexibility index (Phi) is 5.14. The fourth-order valence-electron chi connectivity index (χ4n) is 2.34. The highest BCUT2D eigenvalue weighted by molar-refractivity contribution is 6.33. The molecule has 0 spiro atoms. The van der Waals surface area contributed by atoms with E-state index in [2.05, 4.69) is 15.5 Å². The summed E-state index contributed by atoms with van der Waals surface area (Å²) in [6.07, 6.45) is 0. The minimum absolute atomic E-state index is 0.165. The topological polar surface area (TPSA) is 68.0 Å². The smallest absolute Gasteiger partial charge is 0.259 e. The average Bonchev–Trinajstić information content (AvgIpc) is 3.09. The van der Waals surface area contributed by atoms with Gasteiger partial charge in [-0.25, -0.2) is 0 Å². The van der Waals surface area contributed by atoms with E-state index in [0.29, 0.717) is 40.0 Å². The number of hydrogen-bond acceptors (Lipinski definition) is 4. The number of amides is 1. The Labute approximate surface area is 151 Å². The minimum atomic E-state index is -0.165. The van der Waals surface area contributed by atoms with Crippen molar-refractivity contribution in [2.45, 2.75) is 13.8 Å². The summed E-state index contributed by atoms with van der Waals surface area (Å²) in [7, 11) is 0. The molecule has 1 N–H and O–H groups in total. The van der Waals surface area contributed by atoms with E-state index in [0.717, 1.165) is 0 Å². The van der Waals surface area contributed by atoms with Gasteiger partial charge in [0.2, 0.25) is 5.82 Å². The molecule has 0 unspecified atom stereocenters. The summed E-state index contributed by atoms with van der Waals surface area (Å²) in [6, 6.07) is 14.4. The SMILES string of the molecule is CC(C)CNC(=O)c1ccccc1-c1nc(-c2ccccc2Cl)no1. The molecule has 0 aliphatic rings. The quantitative estimate of drug-likeness (QED) is 0.734. The number of hydrogen-bond donors (Lipinski definition) is 1. The van der Waals surface area contributed by atoms with Gasteiger partial charge in [0.1, 0.15) is 0 Å². The third-order valence-electron chi connectivity index (χ3n) is 3.61. The van der Waals surface area contributed by atoms with Gasteiger partial charge in [0, 0.05) is 12.1 Å². The van der Waals surface area contributed by atoms with Crippen molar-refractivity contribution in [1.82, 2.24) is 15.5 Å². The van der Waals surface area contributed by atoms with Crippen molar-refractivity contribution in [2.24, 2.45) is 5.92 Å². The van der Waals surface area contributed by atoms with Crippen LogP contribution in [0.25, 0.3) is 22.8 Å². The summed E-state index contributed by atoms with van der Waals surface area (Å²) in [5.41, 5.74) is 1.77. The molecule has 6 heteroatoms. The highest BCUT2D eigenvalue weighted by Crippen LogP contribution is 2.28. The van der Waals surface area contributed by atoms with Gasteiger partial charge in [-0.15, -0.1) is 0 Å². The van der Waals surface area contributed by atoms with Crippen LogP contribution in [-0.4, -0.2) is 22.6 Å². The molecule has 5 nitrogen and oxygen atoms in total. The zero-order chi connectivity index (χ0) is 17.8. The van der Waals surface area contributed by atoms with Crippen molar-refractivity contribution in [3.8, 4) is 22.8 Å². The van der Waals surface area contributed by atoms with Crippen LogP contribution in [0.1, 0.15) is 24.2 Å². The molecule has 0 aliphatic heterocycles. The maximum atomic E-state index is 12.5. The summed E-state index contributed by atoms with van der Waals surface area (Å²) < 4.78 is 5.38. The molecule has 3 rings (SSSR count). The Morgan fingerprint density at radius 1 is 1.12 bits per heavy atom. The van der Waals surface area contributed by atoms with Gasteiger partial charge in [0.15, 0.2) is 0 Å². The Morgan fingerprint density at radius 2 is 1.80 bits per heavy atom. The zero-order valence-electron chi connectivity index (χ0n) is 14.0. The normalized spacial score (nSPS) is 10.9. The Hall–Kier alpha value is -2.66. The van der Waals surface area contributed by atoms with E-state index in [-0.39, 0.29) is 11.8 Å². The first-order valence-corrected chi connectivity index (χ1v) is 8.40. The molecule has 0 bridgehead atoms. The molecule has 0 radical (unpaired) electrons. The molecule has 1 amide bonds. The fraction of sp³-hybridized carbons (Fsp3) is 0.211. The molecule has 0 fully saturated rings. The third-order valence-corrected chi connectivity index (χ3v) is 3.94. The third kappa shape index (κ3) is 3.88. The zero-order valence-corrected chi connectivity index (χ0v) is 14.7. The van der Waals surface area contributed by atoms with E-state index in [1.165, 1.54) is 0 Å². The van der Waals surface area contributed by atoms with Gasteiger partial charge in [0.25, 0.3) is 11.8 Å². The Balaban J connectivity index is 1.93. The molecule has 0 aliphatic carbocycles. The summed E-state index contributed by atoms with van der Waals surface area (Å²) in [6.45, 7) is 4.68. The van der Waals surface area contributed by atoms with Gasteiger partial charge in [0.05, 0.1) is 16.1 Å². The number of carbonyl (C=O) groups excluding carboxylic acids is 1. The molecule has 1 aromatic heterocycles. The van der Waals surface area contributed by atoms with Gasteiger partial charge in [-0.1, -0.05) is 54.9 Å². The van der Waals surface area contributed by atoms with Crippen LogP contribution in [0.5, 0.6) is 0 Å². The van der Waals surface area contributed by atoms with Crippen molar-refractivity contribution < 1.29 is 9.32 Å². The van der Waals surface area contributed by atoms with Crippen molar-refractivity contribution in [2.75, 3.05) is 6.54 Å². The molecule has 0 saturated carbocycles. The lowest BCUT2D eigenvalue weighted by atomic mass is 10.1. The van der Waals surface area contributed by atoms with Gasteiger partial charge in [-0.05, 0) is 30.2 Å². The standard InChI is InChI=1S/C19H18ClN3O2/c1-12(2)11-21-18(24)13-7-3-4-8-14(13)19-22-17(23-25-19)15-9-5-6-10-16(15)20/h3-10,12H,11H2,1-2H3,(H,21,24). The van der Waals surface area contributed by atoms with Crippen LogP contribution in [0, 0.1) is 5.92 Å². The molecule has 0 atom stereocenters. The lowest BCUT2D eigenvalue weighted by Gasteiger charge is -2.09. The summed E-state index contributed by atoms with van der Waals surface area (Å²) in [5.74, 6) is 0.872. The van der Waals surface area contributed by atoms with Crippen LogP contribution in [-0.2, 0) is 0 Å². The van der Waals surface area contributed by atoms with Crippen molar-refractivity contribution in [1.29, 1.82) is 0 Å². The second kappa shape index (κ2) is 7.49. The molecule has 0 saturated heterocycles. The number of nitrogens with zero attached hydrogens (tertiary/aromatic N) is 2. The number of aromatic nitrogens is 2. The van der Waals surface area contributed by atoms with Gasteiger partial charge < -0.3 is 9.84 Å². The monoisotopic (exact) mass is 355 g/mol. The van der Waals surface area contributed by atoms with E-state index < -0.39 is 0 Å². The highest BCUT2D eigenvalue weighted by Gasteiger charge is 2.18. The second-order valence-electron chi connectivity index (χ2n) is 6.05. The van der Waals surface area contributed by atoms with E-state index in [1.54, 1.807) is 24.3 Å². The number of carbonyl (C=O) groups is 1. The van der Waals surface area contributed by atoms with Crippen LogP contribution in [0.15, 0.2) is 53.1 Å². The fourth-order valence-corrected chi connectivity index (χ4v) is 2.56. The van der Waals surface area contributed by atoms with Crippen LogP contribution in [0.3, 0.4) is 0 Å². The largest absolute Gasteiger partial charge is 0.352 e. The average molecular weight is 356 g/mol. The lowest BCUT2D eigenvalue weighted by Crippen LogP contribution is -2.27. The van der Waals surface area contributed by atoms with Crippen molar-refractivity contribution in [3.63, 3.8) is 0 Å². The maximum absolute atomic E-state index is 12.5. The molecule has 128 valence electrons. The molecule has 1 heterocycles. The summed E-state index contributed by atoms with van der Waals surface area (Å²) >= 11 is 6.18. The lowest BCUT2D eigenvalue weighted by molar-refractivity contribution is 0.0949. The molecule has 2 aromatic carbocycles. The van der Waals surface area contributed by atoms with E-state index in [4.69, 9.17) is 16.1 Å². The summed E-state index contributed by atoms with van der Waals surface area (Å²) in [4.78, 5) is 16.9. The first kappa shape index (κ1) is 17.2. The van der Waals surface area contributed by atoms with E-state index in [9.17, 15) is 4.79 Å². The molecule has 3 aromatic rings. The number of rotatable bonds is 5. The van der Waals surface area contributed by atoms with Gasteiger partial charge in [-0.3, -0.25) is 4.79 Å². The Morgan fingerprint density at radius 3 is 2.52 bits per heavy atom. The molecule has 25 heavy (non-hydrogen) atoms. The number of nitrogens with one attached hydrogen (secondary N) is 1. The first-order chi connectivity index (χ1) is 12.1. The first-order valence-electron chi connectivity index (χ1n) is 8.02. The van der Waals surface area contributed by atoms with E-state index in [1.807, 2.05) is 38.1 Å². The van der Waals surface area contributed by atoms with Gasteiger partial charge >= 0.3 is 0 Å². The second-order valence-corrected chi connectivity index (χ2v) is 6.46. The highest BCUT2D eigenvalue weighted by atomic mass is 35.5. The number of halogens is 1. The number of benzene rings is 2. The predicted octanol–water partition coefficient (Wildman–Crippen LogP) is 4.44. The van der Waals surface area contributed by atoms with Crippen LogP contribution in [0.2, 0.25) is 5.02 Å². The maximum Gasteiger partial charge on any atom is 0.259 e. The van der Waals surface area contributed by atoms with Crippen molar-refractivity contribution in [3.05, 3.63) is 59.1 Å². The Bertz CT molecular complexity index is 890. The van der Waals surface area contributed by atoms with Crippen LogP contribution >= 0.6 is 11.6 Å². The molecular weight excluding hydrogens is 338 g/mol. The van der Waals surface area contributed by atoms with E-state index >= 15 is 0 Å². The van der Waals surface area contributed by atoms with Crippen molar-refractivity contribution >= 4 is 17.5 Å². The van der Waals surface area contributed by atoms with Crippen LogP contribution in [0.4, 0.5) is 0 Å². The predicted molar refractivity (Wildman–Crippen MR) is 97.4 cm³/mol. The molecular formula is C19H18ClN3O2. The summed E-state index contributed by atoms with van der Waals surface area (Å²) in [5, 5.41) is 7.44. The van der Waals surface area contributed by atoms with Crippen LogP contribution < -0.4 is 5.32 Å². The van der Waals surface area contributed by atoms with Gasteiger partial charge in [-0.2, -0.15) is 4.98 Å². The minimum Gasteiger partial charge on any atom is -0.352 e.